The van der Waals surface area contributed by atoms with Gasteiger partial charge in [-0.15, -0.1) is 11.3 Å². The molecule has 0 aromatic carbocycles. The number of halogens is 4. The van der Waals surface area contributed by atoms with Crippen LogP contribution in [-0.4, -0.2) is 12.0 Å². The average Bonchev–Trinajstić information content (AvgIpc) is 2.47. The minimum atomic E-state index is -4.81. The Balaban J connectivity index is 2.99. The average molecular weight is 224 g/mol. The maximum Gasteiger partial charge on any atom is 0.419 e. The summed E-state index contributed by atoms with van der Waals surface area (Å²) in [5, 5.41) is 1.20. The van der Waals surface area contributed by atoms with Crippen LogP contribution in [0.3, 0.4) is 0 Å². The summed E-state index contributed by atoms with van der Waals surface area (Å²) in [4.78, 5) is 10.5. The van der Waals surface area contributed by atoms with Gasteiger partial charge in [0.05, 0.1) is 5.57 Å². The molecule has 0 spiro atoms. The number of ketones is 1. The van der Waals surface area contributed by atoms with Crippen molar-refractivity contribution in [3.63, 3.8) is 0 Å². The van der Waals surface area contributed by atoms with Gasteiger partial charge in [0.1, 0.15) is 10.7 Å². The van der Waals surface area contributed by atoms with Crippen LogP contribution in [0, 0.1) is 5.82 Å². The molecular weight excluding hydrogens is 220 g/mol. The molecule has 0 atom stereocenters. The number of alkyl halides is 3. The summed E-state index contributed by atoms with van der Waals surface area (Å²) in [6, 6.07) is 0.932. The molecule has 0 aliphatic rings. The third-order valence-electron chi connectivity index (χ3n) is 1.44. The van der Waals surface area contributed by atoms with Crippen LogP contribution >= 0.6 is 11.3 Å². The molecule has 1 aromatic rings. The van der Waals surface area contributed by atoms with Crippen molar-refractivity contribution in [1.29, 1.82) is 0 Å². The van der Waals surface area contributed by atoms with E-state index in [0.717, 1.165) is 6.07 Å². The second-order valence-corrected chi connectivity index (χ2v) is 3.32. The molecule has 0 radical (unpaired) electrons. The molecule has 0 aliphatic heterocycles. The van der Waals surface area contributed by atoms with E-state index in [4.69, 9.17) is 0 Å². The maximum absolute atomic E-state index is 12.7. The molecule has 1 rings (SSSR count). The summed E-state index contributed by atoms with van der Waals surface area (Å²) in [7, 11) is 0. The molecular formula is C8H4F4OS. The lowest BCUT2D eigenvalue weighted by Crippen LogP contribution is -2.19. The van der Waals surface area contributed by atoms with E-state index >= 15 is 0 Å². The van der Waals surface area contributed by atoms with Crippen molar-refractivity contribution in [2.24, 2.45) is 0 Å². The van der Waals surface area contributed by atoms with Crippen LogP contribution in [0.5, 0.6) is 0 Å². The van der Waals surface area contributed by atoms with Gasteiger partial charge in [-0.25, -0.2) is 4.39 Å². The first-order valence-electron chi connectivity index (χ1n) is 3.38. The standard InChI is InChI=1S/C8H4F4OS/c1-4(8(10,11)12)6(13)7-5(9)2-3-14-7/h2-3H,1H2. The van der Waals surface area contributed by atoms with Gasteiger partial charge >= 0.3 is 6.18 Å². The lowest BCUT2D eigenvalue weighted by atomic mass is 10.1. The minimum Gasteiger partial charge on any atom is -0.288 e. The topological polar surface area (TPSA) is 17.1 Å². The van der Waals surface area contributed by atoms with Crippen LogP contribution in [-0.2, 0) is 0 Å². The summed E-state index contributed by atoms with van der Waals surface area (Å²) in [5.74, 6) is -2.37. The first-order chi connectivity index (χ1) is 6.34. The number of rotatable bonds is 2. The highest BCUT2D eigenvalue weighted by Gasteiger charge is 2.38. The molecule has 6 heteroatoms. The molecule has 1 nitrogen and oxygen atoms in total. The van der Waals surface area contributed by atoms with Gasteiger partial charge in [0.25, 0.3) is 0 Å². The Labute approximate surface area is 80.7 Å². The van der Waals surface area contributed by atoms with E-state index in [0.29, 0.717) is 11.3 Å². The number of carbonyl (C=O) groups excluding carboxylic acids is 1. The van der Waals surface area contributed by atoms with Crippen molar-refractivity contribution in [1.82, 2.24) is 0 Å². The molecule has 76 valence electrons. The molecule has 0 fully saturated rings. The first-order valence-corrected chi connectivity index (χ1v) is 4.26. The van der Waals surface area contributed by atoms with Crippen LogP contribution in [0.4, 0.5) is 17.6 Å². The lowest BCUT2D eigenvalue weighted by Gasteiger charge is -2.06. The third-order valence-corrected chi connectivity index (χ3v) is 2.33. The summed E-state index contributed by atoms with van der Waals surface area (Å²) in [6.07, 6.45) is -4.81. The van der Waals surface area contributed by atoms with Gasteiger partial charge in [0.2, 0.25) is 5.78 Å². The highest BCUT2D eigenvalue weighted by Crippen LogP contribution is 2.29. The second-order valence-electron chi connectivity index (χ2n) is 2.40. The third kappa shape index (κ3) is 2.01. The zero-order valence-corrected chi connectivity index (χ0v) is 7.51. The second kappa shape index (κ2) is 3.53. The number of hydrogen-bond donors (Lipinski definition) is 0. The predicted molar refractivity (Wildman–Crippen MR) is 43.8 cm³/mol. The quantitative estimate of drug-likeness (QED) is 0.428. The molecule has 1 aromatic heterocycles. The SMILES string of the molecule is C=C(C(=O)c1sccc1F)C(F)(F)F. The summed E-state index contributed by atoms with van der Waals surface area (Å²) in [5.41, 5.74) is -1.56. The molecule has 0 N–H and O–H groups in total. The number of Topliss-reactive ketones (excluding diaryl/α,β-unsaturated/α-hetero) is 1. The van der Waals surface area contributed by atoms with Gasteiger partial charge < -0.3 is 0 Å². The zero-order valence-electron chi connectivity index (χ0n) is 6.69. The van der Waals surface area contributed by atoms with Crippen molar-refractivity contribution in [2.75, 3.05) is 0 Å². The Hall–Kier alpha value is -1.17. The summed E-state index contributed by atoms with van der Waals surface area (Å²) < 4.78 is 48.7. The Bertz CT molecular complexity index is 377. The molecule has 0 saturated heterocycles. The van der Waals surface area contributed by atoms with Crippen LogP contribution in [0.2, 0.25) is 0 Å². The molecule has 0 saturated carbocycles. The van der Waals surface area contributed by atoms with Crippen LogP contribution in [0.25, 0.3) is 0 Å². The highest BCUT2D eigenvalue weighted by atomic mass is 32.1. The fourth-order valence-electron chi connectivity index (χ4n) is 0.722. The number of thiophene rings is 1. The Morgan fingerprint density at radius 3 is 2.36 bits per heavy atom. The van der Waals surface area contributed by atoms with E-state index in [2.05, 4.69) is 6.58 Å². The van der Waals surface area contributed by atoms with Gasteiger partial charge in [-0.2, -0.15) is 13.2 Å². The van der Waals surface area contributed by atoms with Crippen LogP contribution < -0.4 is 0 Å². The van der Waals surface area contributed by atoms with Gasteiger partial charge in [0.15, 0.2) is 0 Å². The number of carbonyl (C=O) groups is 1. The van der Waals surface area contributed by atoms with E-state index in [1.165, 1.54) is 5.38 Å². The Morgan fingerprint density at radius 2 is 2.00 bits per heavy atom. The van der Waals surface area contributed by atoms with Crippen molar-refractivity contribution < 1.29 is 22.4 Å². The smallest absolute Gasteiger partial charge is 0.288 e. The summed E-state index contributed by atoms with van der Waals surface area (Å²) in [6.45, 7) is 2.59. The van der Waals surface area contributed by atoms with E-state index in [1.807, 2.05) is 0 Å². The molecule has 0 aliphatic carbocycles. The molecule has 0 unspecified atom stereocenters. The number of allylic oxidation sites excluding steroid dienone is 1. The Morgan fingerprint density at radius 1 is 1.43 bits per heavy atom. The highest BCUT2D eigenvalue weighted by molar-refractivity contribution is 7.12. The molecule has 1 heterocycles. The van der Waals surface area contributed by atoms with Crippen LogP contribution in [0.1, 0.15) is 9.67 Å². The van der Waals surface area contributed by atoms with E-state index in [-0.39, 0.29) is 0 Å². The number of hydrogen-bond acceptors (Lipinski definition) is 2. The van der Waals surface area contributed by atoms with Gasteiger partial charge in [-0.05, 0) is 11.4 Å². The minimum absolute atomic E-state index is 0.563. The Kier molecular flexibility index (Phi) is 2.75. The molecule has 0 bridgehead atoms. The summed E-state index contributed by atoms with van der Waals surface area (Å²) >= 11 is 0.617. The van der Waals surface area contributed by atoms with E-state index in [9.17, 15) is 22.4 Å². The monoisotopic (exact) mass is 224 g/mol. The normalized spacial score (nSPS) is 11.4. The zero-order chi connectivity index (χ0) is 10.9. The van der Waals surface area contributed by atoms with E-state index in [1.54, 1.807) is 0 Å². The van der Waals surface area contributed by atoms with Crippen LogP contribution in [0.15, 0.2) is 23.6 Å². The molecule has 14 heavy (non-hydrogen) atoms. The molecule has 0 amide bonds. The van der Waals surface area contributed by atoms with E-state index < -0.39 is 28.2 Å². The lowest BCUT2D eigenvalue weighted by molar-refractivity contribution is -0.0883. The van der Waals surface area contributed by atoms with Gasteiger partial charge in [0, 0.05) is 0 Å². The largest absolute Gasteiger partial charge is 0.419 e. The maximum atomic E-state index is 12.7. The fraction of sp³-hybridized carbons (Fsp3) is 0.125. The van der Waals surface area contributed by atoms with Gasteiger partial charge in [-0.3, -0.25) is 4.79 Å². The van der Waals surface area contributed by atoms with Crippen molar-refractivity contribution in [3.05, 3.63) is 34.3 Å². The fourth-order valence-corrected chi connectivity index (χ4v) is 1.46. The van der Waals surface area contributed by atoms with Crippen molar-refractivity contribution in [2.45, 2.75) is 6.18 Å². The van der Waals surface area contributed by atoms with Crippen molar-refractivity contribution >= 4 is 17.1 Å². The first kappa shape index (κ1) is 10.9. The van der Waals surface area contributed by atoms with Gasteiger partial charge in [-0.1, -0.05) is 6.58 Å². The van der Waals surface area contributed by atoms with Crippen molar-refractivity contribution in [3.8, 4) is 0 Å². The predicted octanol–water partition coefficient (Wildman–Crippen LogP) is 3.19.